The fourth-order valence-electron chi connectivity index (χ4n) is 5.24. The molecular weight excluding hydrogens is 508 g/mol. The number of sulfone groups is 1. The molecule has 0 fully saturated rings. The first kappa shape index (κ1) is 27.7. The standard InChI is InChI=1S/C28H34N2O7S/c1-5-12-36-28(33)26-24-21-15-18(31)8-11-20(21)22(16-23(24)29-30(3)4)25(26)27(32)37-13-14-38(34,35)19-9-6-17(2)7-10-19/h6-11,15,22,25-26,29,31H,5,12-14,16H2,1-4H3/t22?,25-,26-/m1/s1. The number of allylic oxidation sites excluding steroid dienone is 1. The van der Waals surface area contributed by atoms with Gasteiger partial charge in [-0.05, 0) is 60.7 Å². The Hall–Kier alpha value is -3.37. The van der Waals surface area contributed by atoms with Crippen LogP contribution in [0.25, 0.3) is 5.57 Å². The molecule has 2 bridgehead atoms. The number of fused-ring (bicyclic) bond motifs is 2. The Morgan fingerprint density at radius 2 is 1.74 bits per heavy atom. The zero-order chi connectivity index (χ0) is 27.6. The van der Waals surface area contributed by atoms with Gasteiger partial charge in [-0.2, -0.15) is 0 Å². The van der Waals surface area contributed by atoms with E-state index >= 15 is 0 Å². The molecule has 0 heterocycles. The van der Waals surface area contributed by atoms with E-state index in [1.54, 1.807) is 35.3 Å². The molecule has 0 aromatic heterocycles. The molecule has 5 rings (SSSR count). The molecule has 3 aliphatic rings. The highest BCUT2D eigenvalue weighted by Crippen LogP contribution is 2.55. The first-order chi connectivity index (χ1) is 18.0. The lowest BCUT2D eigenvalue weighted by atomic mass is 9.60. The molecule has 0 radical (unpaired) electrons. The normalized spacial score (nSPS) is 20.3. The zero-order valence-electron chi connectivity index (χ0n) is 22.1. The van der Waals surface area contributed by atoms with Gasteiger partial charge in [-0.15, -0.1) is 0 Å². The second kappa shape index (κ2) is 11.2. The third-order valence-electron chi connectivity index (χ3n) is 6.89. The molecule has 0 aliphatic heterocycles. The highest BCUT2D eigenvalue weighted by molar-refractivity contribution is 7.91. The molecule has 3 aliphatic carbocycles. The van der Waals surface area contributed by atoms with Crippen molar-refractivity contribution in [3.63, 3.8) is 0 Å². The zero-order valence-corrected chi connectivity index (χ0v) is 22.9. The summed E-state index contributed by atoms with van der Waals surface area (Å²) in [5.41, 5.74) is 7.06. The predicted octanol–water partition coefficient (Wildman–Crippen LogP) is 3.18. The Balaban J connectivity index is 1.64. The number of esters is 2. The van der Waals surface area contributed by atoms with Crippen LogP contribution < -0.4 is 5.43 Å². The van der Waals surface area contributed by atoms with Gasteiger partial charge < -0.3 is 20.0 Å². The van der Waals surface area contributed by atoms with E-state index in [1.807, 2.05) is 27.9 Å². The van der Waals surface area contributed by atoms with Crippen molar-refractivity contribution in [1.29, 1.82) is 0 Å². The number of carbonyl (C=O) groups excluding carboxylic acids is 2. The number of phenolic OH excluding ortho intramolecular Hbond substituents is 1. The molecule has 0 saturated heterocycles. The van der Waals surface area contributed by atoms with Crippen LogP contribution in [0.4, 0.5) is 0 Å². The fourth-order valence-corrected chi connectivity index (χ4v) is 6.32. The third kappa shape index (κ3) is 5.56. The lowest BCUT2D eigenvalue weighted by molar-refractivity contribution is -0.159. The summed E-state index contributed by atoms with van der Waals surface area (Å²) in [6.07, 6.45) is 1.07. The molecule has 0 amide bonds. The number of phenols is 1. The van der Waals surface area contributed by atoms with Crippen molar-refractivity contribution >= 4 is 27.3 Å². The molecule has 38 heavy (non-hydrogen) atoms. The quantitative estimate of drug-likeness (QED) is 0.344. The number of hydrogen-bond acceptors (Lipinski definition) is 9. The molecule has 10 heteroatoms. The van der Waals surface area contributed by atoms with Gasteiger partial charge in [0, 0.05) is 25.7 Å². The second-order valence-electron chi connectivity index (χ2n) is 9.95. The van der Waals surface area contributed by atoms with Gasteiger partial charge in [0.2, 0.25) is 0 Å². The Morgan fingerprint density at radius 1 is 1.05 bits per heavy atom. The Labute approximate surface area is 223 Å². The third-order valence-corrected chi connectivity index (χ3v) is 8.58. The Bertz CT molecular complexity index is 1350. The number of ether oxygens (including phenoxy) is 2. The lowest BCUT2D eigenvalue weighted by Gasteiger charge is -2.45. The second-order valence-corrected chi connectivity index (χ2v) is 12.1. The van der Waals surface area contributed by atoms with Crippen molar-refractivity contribution < 1.29 is 32.6 Å². The average molecular weight is 543 g/mol. The van der Waals surface area contributed by atoms with Gasteiger partial charge in [0.1, 0.15) is 12.4 Å². The van der Waals surface area contributed by atoms with E-state index in [0.29, 0.717) is 24.0 Å². The largest absolute Gasteiger partial charge is 0.508 e. The van der Waals surface area contributed by atoms with E-state index in [-0.39, 0.29) is 29.6 Å². The van der Waals surface area contributed by atoms with Gasteiger partial charge in [-0.1, -0.05) is 30.7 Å². The van der Waals surface area contributed by atoms with Crippen LogP contribution in [0.3, 0.4) is 0 Å². The fraction of sp³-hybridized carbons (Fsp3) is 0.429. The first-order valence-corrected chi connectivity index (χ1v) is 14.3. The van der Waals surface area contributed by atoms with Crippen LogP contribution >= 0.6 is 0 Å². The smallest absolute Gasteiger partial charge is 0.314 e. The van der Waals surface area contributed by atoms with Crippen LogP contribution in [-0.2, 0) is 28.9 Å². The van der Waals surface area contributed by atoms with Crippen molar-refractivity contribution in [1.82, 2.24) is 10.4 Å². The van der Waals surface area contributed by atoms with Gasteiger partial charge in [0.25, 0.3) is 0 Å². The van der Waals surface area contributed by atoms with E-state index in [4.69, 9.17) is 9.47 Å². The van der Waals surface area contributed by atoms with E-state index in [1.165, 1.54) is 12.1 Å². The minimum Gasteiger partial charge on any atom is -0.508 e. The van der Waals surface area contributed by atoms with E-state index in [0.717, 1.165) is 16.8 Å². The summed E-state index contributed by atoms with van der Waals surface area (Å²) in [6.45, 7) is 3.62. The molecular formula is C28H34N2O7S. The van der Waals surface area contributed by atoms with Crippen LogP contribution in [0.1, 0.15) is 42.4 Å². The number of carbonyl (C=O) groups is 2. The Morgan fingerprint density at radius 3 is 2.39 bits per heavy atom. The van der Waals surface area contributed by atoms with Crippen molar-refractivity contribution in [2.45, 2.75) is 37.5 Å². The minimum atomic E-state index is -3.65. The molecule has 9 nitrogen and oxygen atoms in total. The molecule has 2 N–H and O–H groups in total. The van der Waals surface area contributed by atoms with Gasteiger partial charge >= 0.3 is 11.9 Å². The van der Waals surface area contributed by atoms with Crippen LogP contribution in [0.2, 0.25) is 0 Å². The molecule has 0 saturated carbocycles. The number of benzene rings is 2. The van der Waals surface area contributed by atoms with Gasteiger partial charge in [0.05, 0.1) is 29.1 Å². The summed E-state index contributed by atoms with van der Waals surface area (Å²) in [5.74, 6) is -3.79. The minimum absolute atomic E-state index is 0.0501. The van der Waals surface area contributed by atoms with Gasteiger partial charge in [0.15, 0.2) is 9.84 Å². The lowest BCUT2D eigenvalue weighted by Crippen LogP contribution is -2.47. The number of hydrogen-bond donors (Lipinski definition) is 2. The topological polar surface area (TPSA) is 122 Å². The van der Waals surface area contributed by atoms with Crippen molar-refractivity contribution in [3.05, 3.63) is 64.9 Å². The SMILES string of the molecule is CCCOC(=O)[C@@H]1C2=C(NN(C)C)CC(c3ccc(O)cc32)[C@H]1C(=O)OCCS(=O)(=O)c1ccc(C)cc1. The monoisotopic (exact) mass is 542 g/mol. The molecule has 204 valence electrons. The summed E-state index contributed by atoms with van der Waals surface area (Å²) < 4.78 is 36.5. The molecule has 2 aromatic carbocycles. The van der Waals surface area contributed by atoms with Gasteiger partial charge in [-0.25, -0.2) is 13.4 Å². The first-order valence-electron chi connectivity index (χ1n) is 12.7. The van der Waals surface area contributed by atoms with E-state index < -0.39 is 39.5 Å². The number of aromatic hydroxyl groups is 1. The summed E-state index contributed by atoms with van der Waals surface area (Å²) in [5, 5.41) is 12.0. The number of rotatable bonds is 10. The summed E-state index contributed by atoms with van der Waals surface area (Å²) in [4.78, 5) is 27.1. The molecule has 2 aromatic rings. The maximum Gasteiger partial charge on any atom is 0.314 e. The predicted molar refractivity (Wildman–Crippen MR) is 142 cm³/mol. The van der Waals surface area contributed by atoms with Crippen LogP contribution in [0, 0.1) is 18.8 Å². The maximum absolute atomic E-state index is 13.5. The highest BCUT2D eigenvalue weighted by atomic mass is 32.2. The van der Waals surface area contributed by atoms with Crippen LogP contribution in [-0.4, -0.2) is 63.5 Å². The van der Waals surface area contributed by atoms with E-state index in [9.17, 15) is 23.1 Å². The summed E-state index contributed by atoms with van der Waals surface area (Å²) in [6, 6.07) is 11.4. The van der Waals surface area contributed by atoms with E-state index in [2.05, 4.69) is 5.43 Å². The molecule has 0 spiro atoms. The Kier molecular flexibility index (Phi) is 8.13. The number of nitrogens with zero attached hydrogens (tertiary/aromatic N) is 1. The number of hydrazine groups is 1. The maximum atomic E-state index is 13.5. The van der Waals surface area contributed by atoms with Crippen LogP contribution in [0.5, 0.6) is 5.75 Å². The van der Waals surface area contributed by atoms with Crippen molar-refractivity contribution in [2.24, 2.45) is 11.8 Å². The van der Waals surface area contributed by atoms with Crippen molar-refractivity contribution in [2.75, 3.05) is 33.1 Å². The molecule has 1 unspecified atom stereocenters. The summed E-state index contributed by atoms with van der Waals surface area (Å²) in [7, 11) is -0.00621. The van der Waals surface area contributed by atoms with Crippen LogP contribution in [0.15, 0.2) is 53.1 Å². The number of aryl methyl sites for hydroxylation is 1. The number of nitrogens with one attached hydrogen (secondary N) is 1. The summed E-state index contributed by atoms with van der Waals surface area (Å²) >= 11 is 0. The highest BCUT2D eigenvalue weighted by Gasteiger charge is 2.53. The average Bonchev–Trinajstić information content (AvgIpc) is 2.86. The van der Waals surface area contributed by atoms with Crippen molar-refractivity contribution in [3.8, 4) is 5.75 Å². The van der Waals surface area contributed by atoms with Gasteiger partial charge in [-0.3, -0.25) is 9.59 Å². The molecule has 3 atom stereocenters.